The predicted molar refractivity (Wildman–Crippen MR) is 115 cm³/mol. The van der Waals surface area contributed by atoms with Crippen molar-refractivity contribution in [1.82, 2.24) is 9.55 Å². The summed E-state index contributed by atoms with van der Waals surface area (Å²) in [6, 6.07) is 0.268. The van der Waals surface area contributed by atoms with Crippen LogP contribution in [0.4, 0.5) is 5.95 Å². The number of fused-ring (bicyclic) bond motifs is 4. The average molecular weight is 423 g/mol. The molecule has 1 saturated heterocycles. The van der Waals surface area contributed by atoms with Gasteiger partial charge in [-0.3, -0.25) is 9.36 Å². The molecule has 2 atom stereocenters. The fourth-order valence-corrected chi connectivity index (χ4v) is 5.46. The first-order valence-corrected chi connectivity index (χ1v) is 11.5. The molecule has 0 aliphatic carbocycles. The van der Waals surface area contributed by atoms with Gasteiger partial charge in [0.2, 0.25) is 5.95 Å². The summed E-state index contributed by atoms with van der Waals surface area (Å²) in [5, 5.41) is 0. The van der Waals surface area contributed by atoms with Crippen LogP contribution in [0.5, 0.6) is 0 Å². The van der Waals surface area contributed by atoms with Crippen LogP contribution in [0.2, 0.25) is 0 Å². The van der Waals surface area contributed by atoms with Gasteiger partial charge < -0.3 is 14.2 Å². The normalized spacial score (nSPS) is 21.6. The number of aryl methyl sites for hydroxylation is 1. The lowest BCUT2D eigenvalue weighted by Gasteiger charge is -2.40. The molecule has 0 saturated carbocycles. The lowest BCUT2D eigenvalue weighted by atomic mass is 10.1. The average Bonchev–Trinajstić information content (AvgIpc) is 2.97. The van der Waals surface area contributed by atoms with Gasteiger partial charge in [-0.15, -0.1) is 11.3 Å². The number of hydrogen-bond acceptors (Lipinski definition) is 7. The summed E-state index contributed by atoms with van der Waals surface area (Å²) in [6.45, 7) is 12.3. The van der Waals surface area contributed by atoms with Gasteiger partial charge in [-0.25, -0.2) is 4.98 Å². The molecule has 9 heteroatoms. The lowest BCUT2D eigenvalue weighted by Crippen LogP contribution is -2.51. The summed E-state index contributed by atoms with van der Waals surface area (Å²) < 4.78 is 24.6. The van der Waals surface area contributed by atoms with Crippen molar-refractivity contribution in [2.75, 3.05) is 24.7 Å². The second kappa shape index (κ2) is 7.12. The molecule has 0 spiro atoms. The number of morpholine rings is 1. The molecule has 0 amide bonds. The molecule has 7 nitrogen and oxygen atoms in total. The van der Waals surface area contributed by atoms with E-state index in [1.165, 1.54) is 11.3 Å². The Morgan fingerprint density at radius 1 is 1.39 bits per heavy atom. The van der Waals surface area contributed by atoms with E-state index in [4.69, 9.17) is 9.72 Å². The third-order valence-corrected chi connectivity index (χ3v) is 7.80. The first kappa shape index (κ1) is 19.9. The highest BCUT2D eigenvalue weighted by Crippen LogP contribution is 2.33. The Labute approximate surface area is 171 Å². The summed E-state index contributed by atoms with van der Waals surface area (Å²) in [6.07, 6.45) is 0.891. The fourth-order valence-electron chi connectivity index (χ4n) is 3.75. The van der Waals surface area contributed by atoms with E-state index in [0.29, 0.717) is 35.7 Å². The van der Waals surface area contributed by atoms with Crippen LogP contribution in [0.1, 0.15) is 44.6 Å². The van der Waals surface area contributed by atoms with Gasteiger partial charge in [-0.05, 0) is 41.0 Å². The van der Waals surface area contributed by atoms with E-state index in [1.807, 2.05) is 34.6 Å². The van der Waals surface area contributed by atoms with Crippen molar-refractivity contribution in [2.45, 2.75) is 58.4 Å². The molecule has 0 radical (unpaired) electrons. The van der Waals surface area contributed by atoms with Crippen LogP contribution >= 0.6 is 11.3 Å². The van der Waals surface area contributed by atoms with E-state index in [2.05, 4.69) is 9.30 Å². The van der Waals surface area contributed by atoms with Crippen LogP contribution in [-0.4, -0.2) is 50.4 Å². The fraction of sp³-hybridized carbons (Fsp3) is 0.632. The van der Waals surface area contributed by atoms with Crippen LogP contribution in [0, 0.1) is 6.92 Å². The zero-order chi connectivity index (χ0) is 20.2. The van der Waals surface area contributed by atoms with Gasteiger partial charge in [-0.1, -0.05) is 4.40 Å². The number of thiophene rings is 1. The van der Waals surface area contributed by atoms with Crippen LogP contribution < -0.4 is 10.5 Å². The number of aromatic nitrogens is 2. The van der Waals surface area contributed by atoms with Crippen molar-refractivity contribution in [2.24, 2.45) is 4.40 Å². The maximum atomic E-state index is 13.2. The lowest BCUT2D eigenvalue weighted by molar-refractivity contribution is 0.0844. The predicted octanol–water partition coefficient (Wildman–Crippen LogP) is 2.65. The molecule has 28 heavy (non-hydrogen) atoms. The van der Waals surface area contributed by atoms with Gasteiger partial charge in [0.1, 0.15) is 26.3 Å². The number of ether oxygens (including phenoxy) is 1. The summed E-state index contributed by atoms with van der Waals surface area (Å²) in [5.41, 5.74) is 2.20. The maximum absolute atomic E-state index is 13.2. The Morgan fingerprint density at radius 3 is 2.86 bits per heavy atom. The van der Waals surface area contributed by atoms with Crippen molar-refractivity contribution in [1.29, 1.82) is 0 Å². The maximum Gasteiger partial charge on any atom is 0.272 e. The smallest absolute Gasteiger partial charge is 0.272 e. The molecule has 0 aromatic carbocycles. The minimum atomic E-state index is -1.36. The van der Waals surface area contributed by atoms with Crippen LogP contribution in [0.15, 0.2) is 9.19 Å². The topological polar surface area (TPSA) is 82.8 Å². The first-order valence-electron chi connectivity index (χ1n) is 9.54. The Morgan fingerprint density at radius 2 is 2.14 bits per heavy atom. The highest BCUT2D eigenvalue weighted by Gasteiger charge is 2.33. The van der Waals surface area contributed by atoms with Crippen LogP contribution in [-0.2, 0) is 22.6 Å². The van der Waals surface area contributed by atoms with E-state index in [0.717, 1.165) is 29.4 Å². The van der Waals surface area contributed by atoms with Gasteiger partial charge in [0.15, 0.2) is 0 Å². The minimum Gasteiger partial charge on any atom is -0.591 e. The summed E-state index contributed by atoms with van der Waals surface area (Å²) >= 11 is 0.0890. The summed E-state index contributed by atoms with van der Waals surface area (Å²) in [5.74, 6) is 0.723. The van der Waals surface area contributed by atoms with Crippen LogP contribution in [0.25, 0.3) is 10.2 Å². The largest absolute Gasteiger partial charge is 0.591 e. The number of anilines is 1. The monoisotopic (exact) mass is 422 g/mol. The van der Waals surface area contributed by atoms with E-state index in [-0.39, 0.29) is 11.6 Å². The molecule has 1 unspecified atom stereocenters. The standard InChI is InChI=1S/C19H26N4O3S2/c1-11(21-28(25)19(3,4)5)14-12(2)27-16-15(14)20-18-22-8-9-26-10-13(22)6-7-23(18)17(16)24/h13H,6-10H2,1-5H3/t13-,28?/m0/s1. The Hall–Kier alpha value is -1.42. The zero-order valence-corrected chi connectivity index (χ0v) is 18.6. The number of nitrogens with zero attached hydrogens (tertiary/aromatic N) is 4. The number of hydrogen-bond donors (Lipinski definition) is 0. The van der Waals surface area contributed by atoms with Crippen LogP contribution in [0.3, 0.4) is 0 Å². The van der Waals surface area contributed by atoms with Crippen molar-refractivity contribution in [3.8, 4) is 0 Å². The van der Waals surface area contributed by atoms with E-state index >= 15 is 0 Å². The SMILES string of the molecule is CC(=N[S+]([O-])C(C)(C)C)c1c(C)sc2c(=O)n3c(nc12)N1CCOC[C@@H]1CC3. The molecule has 2 aromatic rings. The van der Waals surface area contributed by atoms with Gasteiger partial charge in [0.25, 0.3) is 5.56 Å². The minimum absolute atomic E-state index is 0.00837. The summed E-state index contributed by atoms with van der Waals surface area (Å²) in [4.78, 5) is 21.3. The second-order valence-corrected chi connectivity index (χ2v) is 11.5. The molecule has 2 aromatic heterocycles. The highest BCUT2D eigenvalue weighted by molar-refractivity contribution is 7.91. The van der Waals surface area contributed by atoms with Gasteiger partial charge in [0.05, 0.1) is 25.0 Å². The Balaban J connectivity index is 1.88. The molecule has 4 rings (SSSR count). The Kier molecular flexibility index (Phi) is 5.06. The third-order valence-electron chi connectivity index (χ3n) is 5.23. The molecular formula is C19H26N4O3S2. The molecule has 0 N–H and O–H groups in total. The third kappa shape index (κ3) is 3.28. The van der Waals surface area contributed by atoms with Gasteiger partial charge in [0, 0.05) is 23.5 Å². The molecule has 0 bridgehead atoms. The Bertz CT molecular complexity index is 1010. The summed E-state index contributed by atoms with van der Waals surface area (Å²) in [7, 11) is 0. The van der Waals surface area contributed by atoms with Crippen molar-refractivity contribution in [3.05, 3.63) is 20.8 Å². The van der Waals surface area contributed by atoms with E-state index in [9.17, 15) is 9.35 Å². The molecule has 2 aliphatic heterocycles. The first-order chi connectivity index (χ1) is 13.2. The van der Waals surface area contributed by atoms with Crippen molar-refractivity contribution in [3.63, 3.8) is 0 Å². The molecular weight excluding hydrogens is 396 g/mol. The zero-order valence-electron chi connectivity index (χ0n) is 16.9. The second-order valence-electron chi connectivity index (χ2n) is 8.33. The van der Waals surface area contributed by atoms with Gasteiger partial charge >= 0.3 is 0 Å². The molecule has 152 valence electrons. The molecule has 2 aliphatic rings. The molecule has 4 heterocycles. The quantitative estimate of drug-likeness (QED) is 0.549. The molecule has 1 fully saturated rings. The van der Waals surface area contributed by atoms with Crippen molar-refractivity contribution >= 4 is 44.6 Å². The van der Waals surface area contributed by atoms with E-state index in [1.54, 1.807) is 4.57 Å². The van der Waals surface area contributed by atoms with E-state index < -0.39 is 16.1 Å². The highest BCUT2D eigenvalue weighted by atomic mass is 32.2. The number of rotatable bonds is 2. The van der Waals surface area contributed by atoms with Crippen molar-refractivity contribution < 1.29 is 9.29 Å². The van der Waals surface area contributed by atoms with Gasteiger partial charge in [-0.2, -0.15) is 0 Å².